The van der Waals surface area contributed by atoms with E-state index in [9.17, 15) is 4.79 Å². The van der Waals surface area contributed by atoms with Gasteiger partial charge in [-0.1, -0.05) is 24.3 Å². The van der Waals surface area contributed by atoms with Crippen molar-refractivity contribution in [2.45, 2.75) is 0 Å². The van der Waals surface area contributed by atoms with Crippen molar-refractivity contribution in [3.05, 3.63) is 41.5 Å². The normalized spacial score (nSPS) is 10.4. The van der Waals surface area contributed by atoms with Crippen molar-refractivity contribution in [1.29, 1.82) is 5.26 Å². The second-order valence-corrected chi connectivity index (χ2v) is 4.28. The first kappa shape index (κ1) is 15.0. The fraction of sp³-hybridized carbons (Fsp3) is 0.0667. The fourth-order valence-corrected chi connectivity index (χ4v) is 1.80. The van der Waals surface area contributed by atoms with Gasteiger partial charge in [0.2, 0.25) is 5.95 Å². The van der Waals surface area contributed by atoms with Crippen LogP contribution < -0.4 is 11.5 Å². The Morgan fingerprint density at radius 1 is 1.27 bits per heavy atom. The van der Waals surface area contributed by atoms with Gasteiger partial charge < -0.3 is 16.2 Å². The van der Waals surface area contributed by atoms with E-state index in [2.05, 4.69) is 14.7 Å². The predicted octanol–water partition coefficient (Wildman–Crippen LogP) is 1.37. The smallest absolute Gasteiger partial charge is 0.330 e. The standard InChI is InChI=1S/C15H13N5O2/c1-22-12(21)7-4-9-2-5-10(6-3-9)13-11(8-16)14(17)20-15(18)19-13/h2-7H,1H3,(H4,17,18,19,20). The van der Waals surface area contributed by atoms with Gasteiger partial charge in [0, 0.05) is 11.6 Å². The zero-order valence-electron chi connectivity index (χ0n) is 11.8. The maximum atomic E-state index is 11.0. The Hall–Kier alpha value is -3.40. The number of benzene rings is 1. The lowest BCUT2D eigenvalue weighted by atomic mass is 10.0. The molecule has 7 nitrogen and oxygen atoms in total. The molecule has 0 radical (unpaired) electrons. The van der Waals surface area contributed by atoms with Gasteiger partial charge in [-0.3, -0.25) is 0 Å². The average molecular weight is 295 g/mol. The second kappa shape index (κ2) is 6.37. The van der Waals surface area contributed by atoms with Crippen molar-refractivity contribution < 1.29 is 9.53 Å². The lowest BCUT2D eigenvalue weighted by Gasteiger charge is -2.06. The van der Waals surface area contributed by atoms with Gasteiger partial charge in [0.1, 0.15) is 17.5 Å². The summed E-state index contributed by atoms with van der Waals surface area (Å²) in [6.07, 6.45) is 2.93. The number of hydrogen-bond donors (Lipinski definition) is 2. The van der Waals surface area contributed by atoms with Crippen LogP contribution in [0.3, 0.4) is 0 Å². The van der Waals surface area contributed by atoms with E-state index in [-0.39, 0.29) is 17.3 Å². The number of methoxy groups -OCH3 is 1. The molecule has 0 spiro atoms. The molecule has 0 fully saturated rings. The van der Waals surface area contributed by atoms with Crippen LogP contribution in [-0.4, -0.2) is 23.0 Å². The minimum Gasteiger partial charge on any atom is -0.466 e. The number of anilines is 2. The number of ether oxygens (including phenoxy) is 1. The molecule has 22 heavy (non-hydrogen) atoms. The maximum absolute atomic E-state index is 11.0. The highest BCUT2D eigenvalue weighted by atomic mass is 16.5. The summed E-state index contributed by atoms with van der Waals surface area (Å²) in [5.41, 5.74) is 13.3. The maximum Gasteiger partial charge on any atom is 0.330 e. The molecule has 0 aliphatic heterocycles. The molecule has 0 atom stereocenters. The molecule has 1 aromatic carbocycles. The molecule has 1 heterocycles. The molecule has 2 aromatic rings. The molecule has 0 bridgehead atoms. The molecule has 1 aromatic heterocycles. The summed E-state index contributed by atoms with van der Waals surface area (Å²) in [4.78, 5) is 18.9. The fourth-order valence-electron chi connectivity index (χ4n) is 1.80. The van der Waals surface area contributed by atoms with Crippen molar-refractivity contribution in [3.63, 3.8) is 0 Å². The number of hydrogen-bond acceptors (Lipinski definition) is 7. The highest BCUT2D eigenvalue weighted by molar-refractivity contribution is 5.87. The van der Waals surface area contributed by atoms with Gasteiger partial charge in [-0.05, 0) is 11.6 Å². The minimum absolute atomic E-state index is 0.00108. The number of nitrogens with zero attached hydrogens (tertiary/aromatic N) is 3. The predicted molar refractivity (Wildman–Crippen MR) is 82.1 cm³/mol. The van der Waals surface area contributed by atoms with Gasteiger partial charge in [0.05, 0.1) is 12.8 Å². The third-order valence-electron chi connectivity index (χ3n) is 2.86. The Morgan fingerprint density at radius 3 is 2.55 bits per heavy atom. The first-order valence-corrected chi connectivity index (χ1v) is 6.24. The van der Waals surface area contributed by atoms with Crippen LogP contribution in [0.1, 0.15) is 11.1 Å². The summed E-state index contributed by atoms with van der Waals surface area (Å²) in [7, 11) is 1.31. The molecule has 0 amide bonds. The largest absolute Gasteiger partial charge is 0.466 e. The minimum atomic E-state index is -0.438. The van der Waals surface area contributed by atoms with Crippen molar-refractivity contribution in [2.24, 2.45) is 0 Å². The van der Waals surface area contributed by atoms with Gasteiger partial charge in [0.25, 0.3) is 0 Å². The van der Waals surface area contributed by atoms with Crippen molar-refractivity contribution in [1.82, 2.24) is 9.97 Å². The lowest BCUT2D eigenvalue weighted by Crippen LogP contribution is -2.04. The van der Waals surface area contributed by atoms with E-state index in [1.807, 2.05) is 6.07 Å². The van der Waals surface area contributed by atoms with Gasteiger partial charge in [-0.25, -0.2) is 9.78 Å². The van der Waals surface area contributed by atoms with Crippen LogP contribution in [0.2, 0.25) is 0 Å². The van der Waals surface area contributed by atoms with E-state index in [0.29, 0.717) is 11.3 Å². The Bertz CT molecular complexity index is 776. The Morgan fingerprint density at radius 2 is 1.95 bits per heavy atom. The van der Waals surface area contributed by atoms with Crippen LogP contribution in [-0.2, 0) is 9.53 Å². The number of nitrogens with two attached hydrogens (primary N) is 2. The summed E-state index contributed by atoms with van der Waals surface area (Å²) in [5, 5.41) is 9.17. The number of aromatic nitrogens is 2. The first-order valence-electron chi connectivity index (χ1n) is 6.24. The highest BCUT2D eigenvalue weighted by Crippen LogP contribution is 2.25. The molecular weight excluding hydrogens is 282 g/mol. The van der Waals surface area contributed by atoms with Gasteiger partial charge in [0.15, 0.2) is 0 Å². The van der Waals surface area contributed by atoms with E-state index in [1.165, 1.54) is 13.2 Å². The van der Waals surface area contributed by atoms with Crippen LogP contribution >= 0.6 is 0 Å². The molecule has 7 heteroatoms. The molecule has 110 valence electrons. The van der Waals surface area contributed by atoms with E-state index in [0.717, 1.165) is 5.56 Å². The van der Waals surface area contributed by atoms with Crippen LogP contribution in [0, 0.1) is 11.3 Å². The van der Waals surface area contributed by atoms with Crippen molar-refractivity contribution in [3.8, 4) is 17.3 Å². The number of carbonyl (C=O) groups is 1. The molecule has 0 aliphatic rings. The van der Waals surface area contributed by atoms with E-state index in [4.69, 9.17) is 16.7 Å². The summed E-state index contributed by atoms with van der Waals surface area (Å²) in [6.45, 7) is 0. The zero-order valence-corrected chi connectivity index (χ0v) is 11.8. The molecule has 2 rings (SSSR count). The number of nitrogen functional groups attached to an aromatic ring is 2. The molecule has 4 N–H and O–H groups in total. The van der Waals surface area contributed by atoms with Crippen LogP contribution in [0.25, 0.3) is 17.3 Å². The van der Waals surface area contributed by atoms with Crippen LogP contribution in [0.4, 0.5) is 11.8 Å². The third-order valence-corrected chi connectivity index (χ3v) is 2.86. The second-order valence-electron chi connectivity index (χ2n) is 4.28. The SMILES string of the molecule is COC(=O)C=Cc1ccc(-c2nc(N)nc(N)c2C#N)cc1. The Labute approximate surface area is 126 Å². The number of esters is 1. The molecule has 0 unspecified atom stereocenters. The molecule has 0 aliphatic carbocycles. The lowest BCUT2D eigenvalue weighted by molar-refractivity contribution is -0.134. The van der Waals surface area contributed by atoms with Crippen LogP contribution in [0.5, 0.6) is 0 Å². The Kier molecular flexibility index (Phi) is 4.34. The first-order chi connectivity index (χ1) is 10.5. The summed E-state index contributed by atoms with van der Waals surface area (Å²) >= 11 is 0. The van der Waals surface area contributed by atoms with E-state index < -0.39 is 5.97 Å². The number of rotatable bonds is 3. The number of carbonyl (C=O) groups excluding carboxylic acids is 1. The summed E-state index contributed by atoms with van der Waals surface area (Å²) in [5.74, 6) is -0.395. The molecular formula is C15H13N5O2. The highest BCUT2D eigenvalue weighted by Gasteiger charge is 2.12. The van der Waals surface area contributed by atoms with Gasteiger partial charge in [-0.2, -0.15) is 10.2 Å². The van der Waals surface area contributed by atoms with Gasteiger partial charge in [-0.15, -0.1) is 0 Å². The van der Waals surface area contributed by atoms with Crippen molar-refractivity contribution in [2.75, 3.05) is 18.6 Å². The summed E-state index contributed by atoms with van der Waals surface area (Å²) in [6, 6.07) is 9.01. The van der Waals surface area contributed by atoms with Crippen LogP contribution in [0.15, 0.2) is 30.3 Å². The number of nitriles is 1. The summed E-state index contributed by atoms with van der Waals surface area (Å²) < 4.78 is 4.52. The Balaban J connectivity index is 2.38. The monoisotopic (exact) mass is 295 g/mol. The van der Waals surface area contributed by atoms with Crippen molar-refractivity contribution >= 4 is 23.8 Å². The quantitative estimate of drug-likeness (QED) is 0.646. The molecule has 0 saturated carbocycles. The zero-order chi connectivity index (χ0) is 16.1. The van der Waals surface area contributed by atoms with E-state index >= 15 is 0 Å². The van der Waals surface area contributed by atoms with Gasteiger partial charge >= 0.3 is 5.97 Å². The average Bonchev–Trinajstić information content (AvgIpc) is 2.52. The molecule has 0 saturated heterocycles. The van der Waals surface area contributed by atoms with E-state index in [1.54, 1.807) is 30.3 Å². The third kappa shape index (κ3) is 3.19. The topological polar surface area (TPSA) is 128 Å².